The zero-order chi connectivity index (χ0) is 13.7. The molecule has 1 saturated carbocycles. The first-order chi connectivity index (χ1) is 9.03. The first-order valence-electron chi connectivity index (χ1n) is 7.43. The van der Waals surface area contributed by atoms with Crippen LogP contribution in [0.5, 0.6) is 0 Å². The molecule has 0 bridgehead atoms. The summed E-state index contributed by atoms with van der Waals surface area (Å²) in [6, 6.07) is 4.06. The molecule has 0 atom stereocenters. The van der Waals surface area contributed by atoms with Crippen molar-refractivity contribution in [1.29, 1.82) is 0 Å². The molecule has 1 aliphatic carbocycles. The Morgan fingerprint density at radius 2 is 1.89 bits per heavy atom. The predicted molar refractivity (Wildman–Crippen MR) is 76.9 cm³/mol. The van der Waals surface area contributed by atoms with Crippen molar-refractivity contribution in [3.63, 3.8) is 0 Å². The molecule has 0 unspecified atom stereocenters. The van der Waals surface area contributed by atoms with Crippen molar-refractivity contribution >= 4 is 0 Å². The van der Waals surface area contributed by atoms with Crippen molar-refractivity contribution < 1.29 is 9.15 Å². The molecule has 0 aliphatic heterocycles. The molecular weight excluding hydrogens is 238 g/mol. The second kappa shape index (κ2) is 6.58. The third-order valence-corrected chi connectivity index (χ3v) is 3.58. The van der Waals surface area contributed by atoms with Crippen LogP contribution in [-0.4, -0.2) is 12.1 Å². The second-order valence-electron chi connectivity index (χ2n) is 6.64. The lowest BCUT2D eigenvalue weighted by molar-refractivity contribution is 0.0763. The zero-order valence-electron chi connectivity index (χ0n) is 12.5. The molecule has 3 nitrogen and oxygen atoms in total. The minimum Gasteiger partial charge on any atom is -0.462 e. The van der Waals surface area contributed by atoms with Gasteiger partial charge >= 0.3 is 0 Å². The Hall–Kier alpha value is -0.800. The van der Waals surface area contributed by atoms with Gasteiger partial charge in [-0.15, -0.1) is 0 Å². The highest BCUT2D eigenvalue weighted by molar-refractivity contribution is 5.06. The molecule has 0 radical (unpaired) electrons. The Kier molecular flexibility index (Phi) is 5.06. The van der Waals surface area contributed by atoms with E-state index in [4.69, 9.17) is 9.15 Å². The summed E-state index contributed by atoms with van der Waals surface area (Å²) >= 11 is 0. The van der Waals surface area contributed by atoms with Gasteiger partial charge in [0.15, 0.2) is 0 Å². The molecule has 3 heteroatoms. The van der Waals surface area contributed by atoms with E-state index < -0.39 is 0 Å². The van der Waals surface area contributed by atoms with Crippen LogP contribution in [0.3, 0.4) is 0 Å². The lowest BCUT2D eigenvalue weighted by atomic mass is 10.1. The van der Waals surface area contributed by atoms with Gasteiger partial charge in [-0.3, -0.25) is 0 Å². The fourth-order valence-corrected chi connectivity index (χ4v) is 2.45. The molecule has 1 fully saturated rings. The molecule has 1 aromatic heterocycles. The topological polar surface area (TPSA) is 34.4 Å². The van der Waals surface area contributed by atoms with Crippen molar-refractivity contribution in [3.8, 4) is 0 Å². The average Bonchev–Trinajstić information content (AvgIpc) is 2.97. The predicted octanol–water partition coefficient (Wildman–Crippen LogP) is 3.87. The second-order valence-corrected chi connectivity index (χ2v) is 6.64. The standard InChI is InChI=1S/C16H27NO2/c1-16(2,3)17-10-14-8-9-15(19-14)12-18-11-13-6-4-5-7-13/h8-9,13,17H,4-7,10-12H2,1-3H3. The summed E-state index contributed by atoms with van der Waals surface area (Å²) in [7, 11) is 0. The minimum atomic E-state index is 0.117. The summed E-state index contributed by atoms with van der Waals surface area (Å²) in [5, 5.41) is 3.42. The van der Waals surface area contributed by atoms with Gasteiger partial charge in [0.1, 0.15) is 18.1 Å². The molecule has 1 heterocycles. The fourth-order valence-electron chi connectivity index (χ4n) is 2.45. The monoisotopic (exact) mass is 265 g/mol. The quantitative estimate of drug-likeness (QED) is 0.847. The highest BCUT2D eigenvalue weighted by Gasteiger charge is 2.15. The number of furan rings is 1. The summed E-state index contributed by atoms with van der Waals surface area (Å²) in [5.41, 5.74) is 0.117. The van der Waals surface area contributed by atoms with Crippen LogP contribution in [0.15, 0.2) is 16.5 Å². The average molecular weight is 265 g/mol. The number of ether oxygens (including phenoxy) is 1. The summed E-state index contributed by atoms with van der Waals surface area (Å²) in [6.45, 7) is 8.72. The first kappa shape index (κ1) is 14.6. The smallest absolute Gasteiger partial charge is 0.129 e. The lowest BCUT2D eigenvalue weighted by Crippen LogP contribution is -2.34. The van der Waals surface area contributed by atoms with E-state index in [1.165, 1.54) is 25.7 Å². The molecule has 19 heavy (non-hydrogen) atoms. The highest BCUT2D eigenvalue weighted by Crippen LogP contribution is 2.25. The molecular formula is C16H27NO2. The number of rotatable bonds is 6. The van der Waals surface area contributed by atoms with Gasteiger partial charge in [0, 0.05) is 12.1 Å². The first-order valence-corrected chi connectivity index (χ1v) is 7.43. The molecule has 0 saturated heterocycles. The minimum absolute atomic E-state index is 0.117. The Morgan fingerprint density at radius 1 is 1.21 bits per heavy atom. The van der Waals surface area contributed by atoms with Crippen LogP contribution in [0.4, 0.5) is 0 Å². The lowest BCUT2D eigenvalue weighted by Gasteiger charge is -2.19. The van der Waals surface area contributed by atoms with Crippen LogP contribution in [0.25, 0.3) is 0 Å². The van der Waals surface area contributed by atoms with Crippen molar-refractivity contribution in [2.45, 2.75) is 65.1 Å². The summed E-state index contributed by atoms with van der Waals surface area (Å²) in [6.07, 6.45) is 5.41. The maximum absolute atomic E-state index is 5.76. The Bertz CT molecular complexity index is 372. The molecule has 1 N–H and O–H groups in total. The van der Waals surface area contributed by atoms with E-state index in [1.807, 2.05) is 12.1 Å². The van der Waals surface area contributed by atoms with E-state index in [0.29, 0.717) is 6.61 Å². The third kappa shape index (κ3) is 5.37. The molecule has 108 valence electrons. The van der Waals surface area contributed by atoms with Gasteiger partial charge in [-0.25, -0.2) is 0 Å². The largest absolute Gasteiger partial charge is 0.462 e. The van der Waals surface area contributed by atoms with E-state index in [0.717, 1.165) is 30.6 Å². The van der Waals surface area contributed by atoms with Crippen LogP contribution in [0.2, 0.25) is 0 Å². The normalized spacial score (nSPS) is 17.2. The van der Waals surface area contributed by atoms with Crippen LogP contribution >= 0.6 is 0 Å². The van der Waals surface area contributed by atoms with Gasteiger partial charge in [0.05, 0.1) is 6.54 Å². The number of nitrogens with one attached hydrogen (secondary N) is 1. The van der Waals surface area contributed by atoms with Gasteiger partial charge in [-0.1, -0.05) is 12.8 Å². The number of hydrogen-bond acceptors (Lipinski definition) is 3. The SMILES string of the molecule is CC(C)(C)NCc1ccc(COCC2CCCC2)o1. The summed E-state index contributed by atoms with van der Waals surface area (Å²) in [4.78, 5) is 0. The van der Waals surface area contributed by atoms with Crippen molar-refractivity contribution in [1.82, 2.24) is 5.32 Å². The molecule has 0 spiro atoms. The van der Waals surface area contributed by atoms with Gasteiger partial charge in [-0.2, -0.15) is 0 Å². The Labute approximate surface area is 116 Å². The molecule has 2 rings (SSSR count). The van der Waals surface area contributed by atoms with E-state index >= 15 is 0 Å². The maximum atomic E-state index is 5.76. The molecule has 0 aromatic carbocycles. The van der Waals surface area contributed by atoms with Crippen molar-refractivity contribution in [3.05, 3.63) is 23.7 Å². The third-order valence-electron chi connectivity index (χ3n) is 3.58. The zero-order valence-corrected chi connectivity index (χ0v) is 12.5. The van der Waals surface area contributed by atoms with Crippen LogP contribution in [-0.2, 0) is 17.9 Å². The van der Waals surface area contributed by atoms with Crippen molar-refractivity contribution in [2.24, 2.45) is 5.92 Å². The highest BCUT2D eigenvalue weighted by atomic mass is 16.5. The van der Waals surface area contributed by atoms with E-state index in [1.54, 1.807) is 0 Å². The van der Waals surface area contributed by atoms with E-state index in [2.05, 4.69) is 26.1 Å². The van der Waals surface area contributed by atoms with Crippen molar-refractivity contribution in [2.75, 3.05) is 6.61 Å². The van der Waals surface area contributed by atoms with Gasteiger partial charge < -0.3 is 14.5 Å². The van der Waals surface area contributed by atoms with E-state index in [9.17, 15) is 0 Å². The molecule has 0 amide bonds. The maximum Gasteiger partial charge on any atom is 0.129 e. The van der Waals surface area contributed by atoms with Crippen LogP contribution in [0.1, 0.15) is 58.0 Å². The van der Waals surface area contributed by atoms with Gasteiger partial charge in [0.2, 0.25) is 0 Å². The summed E-state index contributed by atoms with van der Waals surface area (Å²) < 4.78 is 11.5. The van der Waals surface area contributed by atoms with Gasteiger partial charge in [0.25, 0.3) is 0 Å². The van der Waals surface area contributed by atoms with Crippen LogP contribution < -0.4 is 5.32 Å². The molecule has 1 aliphatic rings. The molecule has 1 aromatic rings. The van der Waals surface area contributed by atoms with Crippen LogP contribution in [0, 0.1) is 5.92 Å². The Morgan fingerprint density at radius 3 is 2.58 bits per heavy atom. The fraction of sp³-hybridized carbons (Fsp3) is 0.750. The Balaban J connectivity index is 1.68. The van der Waals surface area contributed by atoms with Gasteiger partial charge in [-0.05, 0) is 51.7 Å². The summed E-state index contributed by atoms with van der Waals surface area (Å²) in [5.74, 6) is 2.69. The van der Waals surface area contributed by atoms with E-state index in [-0.39, 0.29) is 5.54 Å². The number of hydrogen-bond donors (Lipinski definition) is 1.